The molecule has 0 aliphatic heterocycles. The molecule has 0 aliphatic rings. The molecule has 0 fully saturated rings. The van der Waals surface area contributed by atoms with Crippen molar-refractivity contribution in [2.45, 2.75) is 34.1 Å². The lowest BCUT2D eigenvalue weighted by Gasteiger charge is -2.05. The van der Waals surface area contributed by atoms with Gasteiger partial charge in [0.05, 0.1) is 5.69 Å². The van der Waals surface area contributed by atoms with E-state index in [1.54, 1.807) is 0 Å². The summed E-state index contributed by atoms with van der Waals surface area (Å²) in [4.78, 5) is 4.47. The number of aromatic nitrogens is 2. The standard InChI is InChI=1S/C13H16N2O/c1-5-12-8(2)6-11(7-14-12)13-9(3)15-16-10(13)4/h6-7H,5H2,1-4H3. The summed E-state index contributed by atoms with van der Waals surface area (Å²) in [7, 11) is 0. The van der Waals surface area contributed by atoms with Gasteiger partial charge in [0.25, 0.3) is 0 Å². The van der Waals surface area contributed by atoms with E-state index in [0.29, 0.717) is 0 Å². The molecule has 2 heterocycles. The fourth-order valence-corrected chi connectivity index (χ4v) is 2.01. The molecule has 0 unspecified atom stereocenters. The molecule has 16 heavy (non-hydrogen) atoms. The molecular weight excluding hydrogens is 200 g/mol. The van der Waals surface area contributed by atoms with E-state index in [1.165, 1.54) is 5.56 Å². The van der Waals surface area contributed by atoms with Gasteiger partial charge in [-0.2, -0.15) is 0 Å². The Balaban J connectivity index is 2.53. The normalized spacial score (nSPS) is 10.8. The van der Waals surface area contributed by atoms with Crippen LogP contribution in [0.4, 0.5) is 0 Å². The van der Waals surface area contributed by atoms with E-state index in [-0.39, 0.29) is 0 Å². The molecule has 84 valence electrons. The summed E-state index contributed by atoms with van der Waals surface area (Å²) in [6.07, 6.45) is 2.87. The molecule has 0 saturated carbocycles. The van der Waals surface area contributed by atoms with Gasteiger partial charge in [0.15, 0.2) is 0 Å². The largest absolute Gasteiger partial charge is 0.361 e. The lowest BCUT2D eigenvalue weighted by molar-refractivity contribution is 0.393. The minimum Gasteiger partial charge on any atom is -0.361 e. The molecule has 3 heteroatoms. The van der Waals surface area contributed by atoms with Crippen LogP contribution in [0, 0.1) is 20.8 Å². The smallest absolute Gasteiger partial charge is 0.141 e. The summed E-state index contributed by atoms with van der Waals surface area (Å²) >= 11 is 0. The molecule has 0 atom stereocenters. The van der Waals surface area contributed by atoms with Crippen molar-refractivity contribution in [3.05, 3.63) is 35.0 Å². The summed E-state index contributed by atoms with van der Waals surface area (Å²) in [5, 5.41) is 3.96. The van der Waals surface area contributed by atoms with E-state index in [4.69, 9.17) is 4.52 Å². The Bertz CT molecular complexity index is 495. The predicted molar refractivity (Wildman–Crippen MR) is 63.3 cm³/mol. The third-order valence-corrected chi connectivity index (χ3v) is 2.84. The third kappa shape index (κ3) is 1.73. The molecule has 2 aromatic heterocycles. The van der Waals surface area contributed by atoms with Crippen molar-refractivity contribution >= 4 is 0 Å². The minimum absolute atomic E-state index is 0.850. The van der Waals surface area contributed by atoms with E-state index in [0.717, 1.165) is 34.7 Å². The molecule has 0 aliphatic carbocycles. The molecule has 2 rings (SSSR count). The first kappa shape index (κ1) is 10.9. The van der Waals surface area contributed by atoms with E-state index in [1.807, 2.05) is 20.0 Å². The second-order valence-electron chi connectivity index (χ2n) is 4.04. The molecule has 0 amide bonds. The summed E-state index contributed by atoms with van der Waals surface area (Å²) in [6.45, 7) is 8.09. The van der Waals surface area contributed by atoms with E-state index in [2.05, 4.69) is 30.1 Å². The first-order valence-electron chi connectivity index (χ1n) is 5.52. The van der Waals surface area contributed by atoms with Crippen LogP contribution in [-0.4, -0.2) is 10.1 Å². The Kier molecular flexibility index (Phi) is 2.77. The van der Waals surface area contributed by atoms with E-state index in [9.17, 15) is 0 Å². The van der Waals surface area contributed by atoms with Gasteiger partial charge >= 0.3 is 0 Å². The number of hydrogen-bond acceptors (Lipinski definition) is 3. The molecule has 3 nitrogen and oxygen atoms in total. The summed E-state index contributed by atoms with van der Waals surface area (Å²) in [5.41, 5.74) is 5.45. The molecular formula is C13H16N2O. The summed E-state index contributed by atoms with van der Waals surface area (Å²) in [6, 6.07) is 2.15. The minimum atomic E-state index is 0.850. The van der Waals surface area contributed by atoms with Crippen molar-refractivity contribution in [3.8, 4) is 11.1 Å². The van der Waals surface area contributed by atoms with Gasteiger partial charge in [-0.15, -0.1) is 0 Å². The van der Waals surface area contributed by atoms with E-state index >= 15 is 0 Å². The number of pyridine rings is 1. The van der Waals surface area contributed by atoms with Crippen LogP contribution in [-0.2, 0) is 6.42 Å². The van der Waals surface area contributed by atoms with Crippen LogP contribution in [0.1, 0.15) is 29.6 Å². The lowest BCUT2D eigenvalue weighted by atomic mass is 10.0. The number of nitrogens with zero attached hydrogens (tertiary/aromatic N) is 2. The highest BCUT2D eigenvalue weighted by Crippen LogP contribution is 2.27. The van der Waals surface area contributed by atoms with Crippen molar-refractivity contribution in [2.75, 3.05) is 0 Å². The maximum absolute atomic E-state index is 5.17. The highest BCUT2D eigenvalue weighted by molar-refractivity contribution is 5.67. The molecule has 0 saturated heterocycles. The Morgan fingerprint density at radius 1 is 1.25 bits per heavy atom. The molecule has 0 bridgehead atoms. The summed E-state index contributed by atoms with van der Waals surface area (Å²) in [5.74, 6) is 0.850. The van der Waals surface area contributed by atoms with Crippen molar-refractivity contribution in [1.29, 1.82) is 0 Å². The highest BCUT2D eigenvalue weighted by Gasteiger charge is 2.12. The number of rotatable bonds is 2. The maximum Gasteiger partial charge on any atom is 0.141 e. The van der Waals surface area contributed by atoms with Crippen LogP contribution in [0.25, 0.3) is 11.1 Å². The quantitative estimate of drug-likeness (QED) is 0.773. The Morgan fingerprint density at radius 3 is 2.50 bits per heavy atom. The van der Waals surface area contributed by atoms with Gasteiger partial charge < -0.3 is 4.52 Å². The average Bonchev–Trinajstić information content (AvgIpc) is 2.58. The molecule has 0 radical (unpaired) electrons. The number of hydrogen-bond donors (Lipinski definition) is 0. The zero-order valence-corrected chi connectivity index (χ0v) is 10.2. The van der Waals surface area contributed by atoms with Gasteiger partial charge in [0.2, 0.25) is 0 Å². The second kappa shape index (κ2) is 4.08. The summed E-state index contributed by atoms with van der Waals surface area (Å²) < 4.78 is 5.17. The Hall–Kier alpha value is -1.64. The lowest BCUT2D eigenvalue weighted by Crippen LogP contribution is -1.93. The van der Waals surface area contributed by atoms with Gasteiger partial charge in [0, 0.05) is 23.0 Å². The molecule has 2 aromatic rings. The average molecular weight is 216 g/mol. The van der Waals surface area contributed by atoms with Crippen molar-refractivity contribution in [2.24, 2.45) is 0 Å². The zero-order chi connectivity index (χ0) is 11.7. The topological polar surface area (TPSA) is 38.9 Å². The first-order valence-corrected chi connectivity index (χ1v) is 5.52. The van der Waals surface area contributed by atoms with Crippen LogP contribution in [0.3, 0.4) is 0 Å². The van der Waals surface area contributed by atoms with Gasteiger partial charge in [-0.3, -0.25) is 4.98 Å². The van der Waals surface area contributed by atoms with Crippen molar-refractivity contribution in [1.82, 2.24) is 10.1 Å². The Labute approximate surface area is 95.5 Å². The van der Waals surface area contributed by atoms with E-state index < -0.39 is 0 Å². The fourth-order valence-electron chi connectivity index (χ4n) is 2.01. The van der Waals surface area contributed by atoms with Crippen LogP contribution >= 0.6 is 0 Å². The monoisotopic (exact) mass is 216 g/mol. The Morgan fingerprint density at radius 2 is 2.00 bits per heavy atom. The zero-order valence-electron chi connectivity index (χ0n) is 10.2. The van der Waals surface area contributed by atoms with Gasteiger partial charge in [-0.25, -0.2) is 0 Å². The van der Waals surface area contributed by atoms with Crippen LogP contribution < -0.4 is 0 Å². The maximum atomic E-state index is 5.17. The molecule has 0 spiro atoms. The first-order chi connectivity index (χ1) is 7.63. The van der Waals surface area contributed by atoms with Crippen LogP contribution in [0.5, 0.6) is 0 Å². The van der Waals surface area contributed by atoms with Gasteiger partial charge in [0.1, 0.15) is 5.76 Å². The van der Waals surface area contributed by atoms with Crippen LogP contribution in [0.2, 0.25) is 0 Å². The predicted octanol–water partition coefficient (Wildman–Crippen LogP) is 3.22. The van der Waals surface area contributed by atoms with Gasteiger partial charge in [-0.1, -0.05) is 12.1 Å². The highest BCUT2D eigenvalue weighted by atomic mass is 16.5. The second-order valence-corrected chi connectivity index (χ2v) is 4.04. The molecule has 0 N–H and O–H groups in total. The third-order valence-electron chi connectivity index (χ3n) is 2.84. The van der Waals surface area contributed by atoms with Crippen LogP contribution in [0.15, 0.2) is 16.8 Å². The van der Waals surface area contributed by atoms with Crippen molar-refractivity contribution in [3.63, 3.8) is 0 Å². The SMILES string of the molecule is CCc1ncc(-c2c(C)noc2C)cc1C. The molecule has 0 aromatic carbocycles. The van der Waals surface area contributed by atoms with Gasteiger partial charge in [-0.05, 0) is 38.8 Å². The van der Waals surface area contributed by atoms with Crippen molar-refractivity contribution < 1.29 is 4.52 Å². The number of aryl methyl sites for hydroxylation is 4. The fraction of sp³-hybridized carbons (Fsp3) is 0.385.